The predicted octanol–water partition coefficient (Wildman–Crippen LogP) is 0.998. The summed E-state index contributed by atoms with van der Waals surface area (Å²) in [6.45, 7) is 4.01. The van der Waals surface area contributed by atoms with Crippen molar-refractivity contribution in [1.29, 1.82) is 0 Å². The molecule has 1 N–H and O–H groups in total. The van der Waals surface area contributed by atoms with Crippen LogP contribution in [-0.2, 0) is 4.79 Å². The van der Waals surface area contributed by atoms with Crippen LogP contribution >= 0.6 is 0 Å². The maximum atomic E-state index is 12.2. The third-order valence-electron chi connectivity index (χ3n) is 4.57. The van der Waals surface area contributed by atoms with Crippen LogP contribution < -0.4 is 5.32 Å². The molecule has 0 aromatic rings. The minimum atomic E-state index is 0.278. The van der Waals surface area contributed by atoms with Gasteiger partial charge >= 0.3 is 0 Å². The summed E-state index contributed by atoms with van der Waals surface area (Å²) in [5.74, 6) is 0.698. The molecule has 2 saturated heterocycles. The molecule has 1 atom stereocenters. The number of carbonyl (C=O) groups excluding carboxylic acids is 1. The van der Waals surface area contributed by atoms with Gasteiger partial charge in [0.1, 0.15) is 0 Å². The highest BCUT2D eigenvalue weighted by Gasteiger charge is 2.45. The molecule has 0 bridgehead atoms. The fraction of sp³-hybridized carbons (Fsp3) is 0.917. The van der Waals surface area contributed by atoms with Crippen molar-refractivity contribution in [2.24, 2.45) is 11.3 Å². The number of likely N-dealkylation sites (tertiary alicyclic amines) is 1. The Morgan fingerprint density at radius 3 is 2.73 bits per heavy atom. The molecule has 3 nitrogen and oxygen atoms in total. The third kappa shape index (κ3) is 1.57. The molecule has 3 rings (SSSR count). The fourth-order valence-corrected chi connectivity index (χ4v) is 3.33. The highest BCUT2D eigenvalue weighted by Crippen LogP contribution is 2.48. The van der Waals surface area contributed by atoms with Crippen LogP contribution in [0.3, 0.4) is 0 Å². The number of hydrogen-bond donors (Lipinski definition) is 1. The zero-order chi connectivity index (χ0) is 10.3. The van der Waals surface area contributed by atoms with Gasteiger partial charge in [-0.05, 0) is 37.6 Å². The highest BCUT2D eigenvalue weighted by molar-refractivity contribution is 5.79. The SMILES string of the molecule is O=C([C@H]1CCNC1)N1CCC2(CCC2)C1. The molecule has 0 aromatic heterocycles. The summed E-state index contributed by atoms with van der Waals surface area (Å²) >= 11 is 0. The molecular weight excluding hydrogens is 188 g/mol. The standard InChI is InChI=1S/C12H20N2O/c15-11(10-2-6-13-8-10)14-7-5-12(9-14)3-1-4-12/h10,13H,1-9H2/t10-/m0/s1. The van der Waals surface area contributed by atoms with E-state index in [0.29, 0.717) is 11.3 Å². The Balaban J connectivity index is 1.61. The minimum absolute atomic E-state index is 0.278. The van der Waals surface area contributed by atoms with E-state index < -0.39 is 0 Å². The summed E-state index contributed by atoms with van der Waals surface area (Å²) in [7, 11) is 0. The molecule has 1 aliphatic carbocycles. The van der Waals surface area contributed by atoms with Gasteiger partial charge in [-0.1, -0.05) is 6.42 Å². The van der Waals surface area contributed by atoms with Crippen molar-refractivity contribution in [2.45, 2.75) is 32.1 Å². The van der Waals surface area contributed by atoms with Gasteiger partial charge < -0.3 is 10.2 Å². The lowest BCUT2D eigenvalue weighted by atomic mass is 9.68. The van der Waals surface area contributed by atoms with Crippen molar-refractivity contribution in [3.05, 3.63) is 0 Å². The van der Waals surface area contributed by atoms with Crippen LogP contribution in [-0.4, -0.2) is 37.0 Å². The average molecular weight is 208 g/mol. The van der Waals surface area contributed by atoms with Crippen LogP contribution in [0.1, 0.15) is 32.1 Å². The normalized spacial score (nSPS) is 33.3. The lowest BCUT2D eigenvalue weighted by molar-refractivity contribution is -0.134. The van der Waals surface area contributed by atoms with E-state index in [1.807, 2.05) is 0 Å². The molecule has 3 fully saturated rings. The second kappa shape index (κ2) is 3.48. The molecule has 0 aromatic carbocycles. The van der Waals surface area contributed by atoms with Crippen molar-refractivity contribution >= 4 is 5.91 Å². The van der Waals surface area contributed by atoms with E-state index >= 15 is 0 Å². The maximum Gasteiger partial charge on any atom is 0.227 e. The Morgan fingerprint density at radius 2 is 2.20 bits per heavy atom. The molecule has 0 unspecified atom stereocenters. The summed E-state index contributed by atoms with van der Waals surface area (Å²) in [5, 5.41) is 3.28. The first kappa shape index (κ1) is 9.64. The van der Waals surface area contributed by atoms with Crippen molar-refractivity contribution in [1.82, 2.24) is 10.2 Å². The second-order valence-electron chi connectivity index (χ2n) is 5.55. The number of amides is 1. The Bertz CT molecular complexity index is 267. The Kier molecular flexibility index (Phi) is 2.23. The topological polar surface area (TPSA) is 32.3 Å². The Hall–Kier alpha value is -0.570. The average Bonchev–Trinajstić information content (AvgIpc) is 2.85. The molecule has 2 heterocycles. The van der Waals surface area contributed by atoms with Gasteiger partial charge in [0.15, 0.2) is 0 Å². The van der Waals surface area contributed by atoms with Crippen molar-refractivity contribution in [2.75, 3.05) is 26.2 Å². The quantitative estimate of drug-likeness (QED) is 0.697. The summed E-state index contributed by atoms with van der Waals surface area (Å²) in [4.78, 5) is 14.3. The van der Waals surface area contributed by atoms with E-state index in [-0.39, 0.29) is 5.92 Å². The predicted molar refractivity (Wildman–Crippen MR) is 58.5 cm³/mol. The first-order chi connectivity index (χ1) is 7.29. The number of rotatable bonds is 1. The van der Waals surface area contributed by atoms with Crippen LogP contribution in [0.25, 0.3) is 0 Å². The Labute approximate surface area is 91.2 Å². The zero-order valence-corrected chi connectivity index (χ0v) is 9.30. The van der Waals surface area contributed by atoms with Crippen LogP contribution in [0.2, 0.25) is 0 Å². The number of nitrogens with zero attached hydrogens (tertiary/aromatic N) is 1. The lowest BCUT2D eigenvalue weighted by Crippen LogP contribution is -2.39. The van der Waals surface area contributed by atoms with E-state index in [9.17, 15) is 4.79 Å². The maximum absolute atomic E-state index is 12.2. The molecular formula is C12H20N2O. The van der Waals surface area contributed by atoms with Gasteiger partial charge in [-0.15, -0.1) is 0 Å². The van der Waals surface area contributed by atoms with E-state index in [0.717, 1.165) is 32.6 Å². The number of hydrogen-bond acceptors (Lipinski definition) is 2. The van der Waals surface area contributed by atoms with Gasteiger partial charge in [-0.25, -0.2) is 0 Å². The summed E-state index contributed by atoms with van der Waals surface area (Å²) < 4.78 is 0. The van der Waals surface area contributed by atoms with Gasteiger partial charge in [0, 0.05) is 19.6 Å². The monoisotopic (exact) mass is 208 g/mol. The van der Waals surface area contributed by atoms with Gasteiger partial charge in [0.2, 0.25) is 5.91 Å². The first-order valence-electron chi connectivity index (χ1n) is 6.29. The minimum Gasteiger partial charge on any atom is -0.342 e. The van der Waals surface area contributed by atoms with Crippen LogP contribution in [0.15, 0.2) is 0 Å². The molecule has 0 radical (unpaired) electrons. The zero-order valence-electron chi connectivity index (χ0n) is 9.30. The van der Waals surface area contributed by atoms with Gasteiger partial charge in [0.05, 0.1) is 5.92 Å². The molecule has 3 heteroatoms. The van der Waals surface area contributed by atoms with Crippen LogP contribution in [0, 0.1) is 11.3 Å². The Morgan fingerprint density at radius 1 is 1.33 bits per heavy atom. The van der Waals surface area contributed by atoms with Crippen molar-refractivity contribution in [3.63, 3.8) is 0 Å². The van der Waals surface area contributed by atoms with E-state index in [4.69, 9.17) is 0 Å². The summed E-state index contributed by atoms with van der Waals surface area (Å²) in [5.41, 5.74) is 0.557. The lowest BCUT2D eigenvalue weighted by Gasteiger charge is -2.38. The molecule has 3 aliphatic rings. The second-order valence-corrected chi connectivity index (χ2v) is 5.55. The smallest absolute Gasteiger partial charge is 0.227 e. The van der Waals surface area contributed by atoms with Gasteiger partial charge in [0.25, 0.3) is 0 Å². The number of nitrogens with one attached hydrogen (secondary N) is 1. The summed E-state index contributed by atoms with van der Waals surface area (Å²) in [6, 6.07) is 0. The van der Waals surface area contributed by atoms with Crippen molar-refractivity contribution < 1.29 is 4.79 Å². The largest absolute Gasteiger partial charge is 0.342 e. The van der Waals surface area contributed by atoms with Crippen molar-refractivity contribution in [3.8, 4) is 0 Å². The molecule has 1 amide bonds. The van der Waals surface area contributed by atoms with Crippen LogP contribution in [0.4, 0.5) is 0 Å². The number of carbonyl (C=O) groups is 1. The van der Waals surface area contributed by atoms with Gasteiger partial charge in [-0.2, -0.15) is 0 Å². The van der Waals surface area contributed by atoms with E-state index in [2.05, 4.69) is 10.2 Å². The fourth-order valence-electron chi connectivity index (χ4n) is 3.33. The van der Waals surface area contributed by atoms with E-state index in [1.54, 1.807) is 0 Å². The molecule has 1 saturated carbocycles. The van der Waals surface area contributed by atoms with Gasteiger partial charge in [-0.3, -0.25) is 4.79 Å². The molecule has 1 spiro atoms. The molecule has 2 aliphatic heterocycles. The molecule has 15 heavy (non-hydrogen) atoms. The summed E-state index contributed by atoms with van der Waals surface area (Å²) in [6.07, 6.45) is 6.41. The molecule has 84 valence electrons. The first-order valence-corrected chi connectivity index (χ1v) is 6.29. The highest BCUT2D eigenvalue weighted by atomic mass is 16.2. The van der Waals surface area contributed by atoms with E-state index in [1.165, 1.54) is 25.7 Å². The van der Waals surface area contributed by atoms with Crippen LogP contribution in [0.5, 0.6) is 0 Å². The third-order valence-corrected chi connectivity index (χ3v) is 4.57.